The Labute approximate surface area is 101 Å². The summed E-state index contributed by atoms with van der Waals surface area (Å²) in [4.78, 5) is 8.79. The van der Waals surface area contributed by atoms with Crippen LogP contribution in [-0.2, 0) is 0 Å². The van der Waals surface area contributed by atoms with E-state index in [4.69, 9.17) is 0 Å². The molecule has 1 N–H and O–H groups in total. The molecule has 1 heterocycles. The molecule has 1 saturated carbocycles. The van der Waals surface area contributed by atoms with Gasteiger partial charge in [-0.05, 0) is 24.3 Å². The Morgan fingerprint density at radius 3 is 2.65 bits per heavy atom. The van der Waals surface area contributed by atoms with E-state index in [2.05, 4.69) is 39.6 Å². The predicted octanol–water partition coefficient (Wildman–Crippen LogP) is 3.06. The van der Waals surface area contributed by atoms with Gasteiger partial charge in [0, 0.05) is 25.0 Å². The van der Waals surface area contributed by atoms with Gasteiger partial charge in [0.2, 0.25) is 0 Å². The standard InChI is InChI=1S/C14H15N3/c1-15-14-13(16-8-9-17-14)12-5-3-2-4-11(12)10-6-7-10/h2-5,8-10H,6-7H2,1H3,(H,15,17). The summed E-state index contributed by atoms with van der Waals surface area (Å²) >= 11 is 0. The third-order valence-electron chi connectivity index (χ3n) is 3.17. The Balaban J connectivity index is 2.14. The first-order valence-electron chi connectivity index (χ1n) is 5.98. The molecule has 0 unspecified atom stereocenters. The molecule has 0 amide bonds. The molecule has 1 aromatic heterocycles. The van der Waals surface area contributed by atoms with Crippen molar-refractivity contribution in [2.75, 3.05) is 12.4 Å². The van der Waals surface area contributed by atoms with Crippen LogP contribution in [0.25, 0.3) is 11.3 Å². The number of benzene rings is 1. The van der Waals surface area contributed by atoms with Crippen molar-refractivity contribution in [1.82, 2.24) is 9.97 Å². The third kappa shape index (κ3) is 1.88. The smallest absolute Gasteiger partial charge is 0.152 e. The number of nitrogens with zero attached hydrogens (tertiary/aromatic N) is 2. The Morgan fingerprint density at radius 1 is 1.12 bits per heavy atom. The van der Waals surface area contributed by atoms with Gasteiger partial charge in [-0.25, -0.2) is 4.98 Å². The maximum absolute atomic E-state index is 4.47. The number of rotatable bonds is 3. The molecule has 1 fully saturated rings. The zero-order chi connectivity index (χ0) is 11.7. The molecular weight excluding hydrogens is 210 g/mol. The van der Waals surface area contributed by atoms with Gasteiger partial charge >= 0.3 is 0 Å². The van der Waals surface area contributed by atoms with Crippen LogP contribution in [0, 0.1) is 0 Å². The van der Waals surface area contributed by atoms with Crippen molar-refractivity contribution in [1.29, 1.82) is 0 Å². The second-order valence-electron chi connectivity index (χ2n) is 4.37. The number of anilines is 1. The highest BCUT2D eigenvalue weighted by atomic mass is 15.0. The lowest BCUT2D eigenvalue weighted by Gasteiger charge is -2.10. The van der Waals surface area contributed by atoms with E-state index in [1.807, 2.05) is 7.05 Å². The number of nitrogens with one attached hydrogen (secondary N) is 1. The van der Waals surface area contributed by atoms with Crippen molar-refractivity contribution < 1.29 is 0 Å². The third-order valence-corrected chi connectivity index (χ3v) is 3.17. The summed E-state index contributed by atoms with van der Waals surface area (Å²) in [7, 11) is 1.88. The SMILES string of the molecule is CNc1nccnc1-c1ccccc1C1CC1. The monoisotopic (exact) mass is 225 g/mol. The lowest BCUT2D eigenvalue weighted by molar-refractivity contribution is 1.11. The summed E-state index contributed by atoms with van der Waals surface area (Å²) in [5, 5.41) is 3.11. The van der Waals surface area contributed by atoms with Crippen LogP contribution >= 0.6 is 0 Å². The summed E-state index contributed by atoms with van der Waals surface area (Å²) in [5.74, 6) is 1.57. The summed E-state index contributed by atoms with van der Waals surface area (Å²) in [5.41, 5.74) is 3.58. The first-order valence-corrected chi connectivity index (χ1v) is 5.98. The molecule has 3 nitrogen and oxygen atoms in total. The van der Waals surface area contributed by atoms with Crippen molar-refractivity contribution >= 4 is 5.82 Å². The van der Waals surface area contributed by atoms with E-state index in [1.54, 1.807) is 12.4 Å². The van der Waals surface area contributed by atoms with Gasteiger partial charge in [0.25, 0.3) is 0 Å². The van der Waals surface area contributed by atoms with Crippen molar-refractivity contribution in [2.24, 2.45) is 0 Å². The Morgan fingerprint density at radius 2 is 1.88 bits per heavy atom. The average molecular weight is 225 g/mol. The molecule has 3 heteroatoms. The molecule has 1 aliphatic rings. The van der Waals surface area contributed by atoms with Gasteiger partial charge in [0.1, 0.15) is 5.69 Å². The van der Waals surface area contributed by atoms with Gasteiger partial charge in [0.15, 0.2) is 5.82 Å². The number of hydrogen-bond donors (Lipinski definition) is 1. The Bertz CT molecular complexity index is 532. The highest BCUT2D eigenvalue weighted by molar-refractivity contribution is 5.74. The van der Waals surface area contributed by atoms with Gasteiger partial charge in [-0.2, -0.15) is 0 Å². The lowest BCUT2D eigenvalue weighted by Crippen LogP contribution is -1.99. The molecular formula is C14H15N3. The Kier molecular flexibility index (Phi) is 2.52. The van der Waals surface area contributed by atoms with Crippen molar-refractivity contribution in [3.05, 3.63) is 42.2 Å². The van der Waals surface area contributed by atoms with Gasteiger partial charge in [-0.3, -0.25) is 4.98 Å². The van der Waals surface area contributed by atoms with Crippen LogP contribution in [-0.4, -0.2) is 17.0 Å². The minimum atomic E-state index is 0.720. The highest BCUT2D eigenvalue weighted by Gasteiger charge is 2.27. The van der Waals surface area contributed by atoms with E-state index in [9.17, 15) is 0 Å². The van der Waals surface area contributed by atoms with E-state index in [-0.39, 0.29) is 0 Å². The molecule has 0 atom stereocenters. The van der Waals surface area contributed by atoms with E-state index >= 15 is 0 Å². The average Bonchev–Trinajstić information content (AvgIpc) is 3.23. The number of aromatic nitrogens is 2. The molecule has 17 heavy (non-hydrogen) atoms. The van der Waals surface area contributed by atoms with Crippen molar-refractivity contribution in [2.45, 2.75) is 18.8 Å². The van der Waals surface area contributed by atoms with Crippen LogP contribution in [0.3, 0.4) is 0 Å². The van der Waals surface area contributed by atoms with E-state index in [0.717, 1.165) is 17.4 Å². The van der Waals surface area contributed by atoms with Gasteiger partial charge in [0.05, 0.1) is 0 Å². The largest absolute Gasteiger partial charge is 0.371 e. The predicted molar refractivity (Wildman–Crippen MR) is 69.0 cm³/mol. The second kappa shape index (κ2) is 4.17. The molecule has 3 rings (SSSR count). The molecule has 0 radical (unpaired) electrons. The van der Waals surface area contributed by atoms with Crippen molar-refractivity contribution in [3.63, 3.8) is 0 Å². The molecule has 0 spiro atoms. The fourth-order valence-electron chi connectivity index (χ4n) is 2.18. The fourth-order valence-corrected chi connectivity index (χ4v) is 2.18. The second-order valence-corrected chi connectivity index (χ2v) is 4.37. The molecule has 86 valence electrons. The van der Waals surface area contributed by atoms with E-state index < -0.39 is 0 Å². The van der Waals surface area contributed by atoms with Crippen LogP contribution in [0.4, 0.5) is 5.82 Å². The number of hydrogen-bond acceptors (Lipinski definition) is 3. The Hall–Kier alpha value is -1.90. The topological polar surface area (TPSA) is 37.8 Å². The first kappa shape index (κ1) is 10.3. The van der Waals surface area contributed by atoms with Gasteiger partial charge < -0.3 is 5.32 Å². The van der Waals surface area contributed by atoms with Crippen LogP contribution in [0.5, 0.6) is 0 Å². The summed E-state index contributed by atoms with van der Waals surface area (Å²) < 4.78 is 0. The summed E-state index contributed by atoms with van der Waals surface area (Å²) in [6.07, 6.45) is 6.06. The zero-order valence-corrected chi connectivity index (χ0v) is 9.85. The summed E-state index contributed by atoms with van der Waals surface area (Å²) in [6.45, 7) is 0. The maximum atomic E-state index is 4.47. The molecule has 1 aliphatic carbocycles. The minimum absolute atomic E-state index is 0.720. The normalized spacial score (nSPS) is 14.6. The van der Waals surface area contributed by atoms with Crippen LogP contribution in [0.15, 0.2) is 36.7 Å². The molecule has 0 aliphatic heterocycles. The van der Waals surface area contributed by atoms with E-state index in [1.165, 1.54) is 24.0 Å². The fraction of sp³-hybridized carbons (Fsp3) is 0.286. The first-order chi connectivity index (χ1) is 8.40. The summed E-state index contributed by atoms with van der Waals surface area (Å²) in [6, 6.07) is 8.52. The minimum Gasteiger partial charge on any atom is -0.371 e. The zero-order valence-electron chi connectivity index (χ0n) is 9.85. The van der Waals surface area contributed by atoms with Crippen LogP contribution in [0.1, 0.15) is 24.3 Å². The van der Waals surface area contributed by atoms with E-state index in [0.29, 0.717) is 0 Å². The molecule has 1 aromatic carbocycles. The molecule has 0 bridgehead atoms. The van der Waals surface area contributed by atoms with Gasteiger partial charge in [-0.15, -0.1) is 0 Å². The lowest BCUT2D eigenvalue weighted by atomic mass is 10.0. The quantitative estimate of drug-likeness (QED) is 0.872. The molecule has 2 aromatic rings. The maximum Gasteiger partial charge on any atom is 0.152 e. The van der Waals surface area contributed by atoms with Crippen LogP contribution < -0.4 is 5.32 Å². The van der Waals surface area contributed by atoms with Crippen LogP contribution in [0.2, 0.25) is 0 Å². The van der Waals surface area contributed by atoms with Gasteiger partial charge in [-0.1, -0.05) is 24.3 Å². The highest BCUT2D eigenvalue weighted by Crippen LogP contribution is 2.44. The van der Waals surface area contributed by atoms with Crippen molar-refractivity contribution in [3.8, 4) is 11.3 Å². The molecule has 0 saturated heterocycles.